The molecule has 0 radical (unpaired) electrons. The van der Waals surface area contributed by atoms with Crippen LogP contribution in [0.25, 0.3) is 0 Å². The molecule has 2 heterocycles. The van der Waals surface area contributed by atoms with Gasteiger partial charge in [-0.1, -0.05) is 42.0 Å². The van der Waals surface area contributed by atoms with E-state index in [0.29, 0.717) is 24.0 Å². The van der Waals surface area contributed by atoms with Crippen LogP contribution in [-0.4, -0.2) is 68.6 Å². The highest BCUT2D eigenvalue weighted by molar-refractivity contribution is 6.03. The van der Waals surface area contributed by atoms with E-state index >= 15 is 0 Å². The number of hydrogen-bond acceptors (Lipinski definition) is 7. The SMILES string of the molecule is Cc1ccc(N2C(=O)[C@H](CCCc3ccc(F)cc3)[C@H]2c2ccc(C[C@@H]3OC(CO)[C@@H](O)C(O)[C@@H]3O)cc2O)cc1. The van der Waals surface area contributed by atoms with E-state index in [-0.39, 0.29) is 35.9 Å². The molecule has 5 rings (SSSR count). The summed E-state index contributed by atoms with van der Waals surface area (Å²) in [5.74, 6) is -0.672. The van der Waals surface area contributed by atoms with Crippen LogP contribution >= 0.6 is 0 Å². The van der Waals surface area contributed by atoms with Crippen molar-refractivity contribution in [1.82, 2.24) is 0 Å². The van der Waals surface area contributed by atoms with E-state index in [9.17, 15) is 34.7 Å². The molecular formula is C32H36FNO7. The number of anilines is 1. The first kappa shape index (κ1) is 29.2. The fraction of sp³-hybridized carbons (Fsp3) is 0.406. The fourth-order valence-corrected chi connectivity index (χ4v) is 5.90. The monoisotopic (exact) mass is 565 g/mol. The van der Waals surface area contributed by atoms with Crippen molar-refractivity contribution in [2.75, 3.05) is 11.5 Å². The Morgan fingerprint density at radius 3 is 2.20 bits per heavy atom. The molecule has 7 atom stereocenters. The summed E-state index contributed by atoms with van der Waals surface area (Å²) in [5, 5.41) is 51.2. The van der Waals surface area contributed by atoms with Crippen molar-refractivity contribution in [1.29, 1.82) is 0 Å². The van der Waals surface area contributed by atoms with Crippen LogP contribution in [0, 0.1) is 18.7 Å². The quantitative estimate of drug-likeness (QED) is 0.252. The van der Waals surface area contributed by atoms with Gasteiger partial charge in [0.2, 0.25) is 5.91 Å². The van der Waals surface area contributed by atoms with Gasteiger partial charge in [-0.3, -0.25) is 4.79 Å². The number of phenolic OH excluding ortho intramolecular Hbond substituents is 1. The lowest BCUT2D eigenvalue weighted by atomic mass is 9.78. The second-order valence-corrected chi connectivity index (χ2v) is 11.1. The van der Waals surface area contributed by atoms with Crippen LogP contribution in [0.3, 0.4) is 0 Å². The van der Waals surface area contributed by atoms with E-state index in [1.54, 1.807) is 35.2 Å². The van der Waals surface area contributed by atoms with Crippen molar-refractivity contribution < 1.29 is 39.5 Å². The molecule has 0 aliphatic carbocycles. The number of carbonyl (C=O) groups is 1. The lowest BCUT2D eigenvalue weighted by Crippen LogP contribution is -2.59. The third-order valence-electron chi connectivity index (χ3n) is 8.26. The van der Waals surface area contributed by atoms with Crippen molar-refractivity contribution >= 4 is 11.6 Å². The van der Waals surface area contributed by atoms with Gasteiger partial charge in [-0.15, -0.1) is 0 Å². The van der Waals surface area contributed by atoms with Gasteiger partial charge in [0.15, 0.2) is 0 Å². The maximum atomic E-state index is 13.4. The molecule has 9 heteroatoms. The normalized spacial score (nSPS) is 28.0. The molecule has 3 aromatic carbocycles. The summed E-state index contributed by atoms with van der Waals surface area (Å²) in [7, 11) is 0. The summed E-state index contributed by atoms with van der Waals surface area (Å²) in [5.41, 5.74) is 4.01. The summed E-state index contributed by atoms with van der Waals surface area (Å²) in [6, 6.07) is 18.7. The predicted molar refractivity (Wildman–Crippen MR) is 150 cm³/mol. The zero-order valence-electron chi connectivity index (χ0n) is 22.8. The Hall–Kier alpha value is -3.34. The van der Waals surface area contributed by atoms with Gasteiger partial charge in [0.1, 0.15) is 36.0 Å². The Bertz CT molecular complexity index is 1350. The topological polar surface area (TPSA) is 131 Å². The number of benzene rings is 3. The molecule has 3 aromatic rings. The Balaban J connectivity index is 1.35. The number of carbonyl (C=O) groups excluding carboxylic acids is 1. The highest BCUT2D eigenvalue weighted by Crippen LogP contribution is 2.48. The second-order valence-electron chi connectivity index (χ2n) is 11.1. The van der Waals surface area contributed by atoms with Gasteiger partial charge in [0, 0.05) is 17.7 Å². The van der Waals surface area contributed by atoms with Gasteiger partial charge in [0.25, 0.3) is 0 Å². The van der Waals surface area contributed by atoms with Crippen LogP contribution in [-0.2, 0) is 22.4 Å². The Morgan fingerprint density at radius 2 is 1.54 bits per heavy atom. The third-order valence-corrected chi connectivity index (χ3v) is 8.26. The summed E-state index contributed by atoms with van der Waals surface area (Å²) in [6.45, 7) is 1.45. The highest BCUT2D eigenvalue weighted by atomic mass is 19.1. The zero-order valence-corrected chi connectivity index (χ0v) is 22.8. The number of hydrogen-bond donors (Lipinski definition) is 5. The molecule has 5 N–H and O–H groups in total. The van der Waals surface area contributed by atoms with Crippen molar-refractivity contribution in [3.05, 3.63) is 94.8 Å². The van der Waals surface area contributed by atoms with E-state index in [2.05, 4.69) is 0 Å². The van der Waals surface area contributed by atoms with Crippen molar-refractivity contribution in [3.8, 4) is 5.75 Å². The Morgan fingerprint density at radius 1 is 0.878 bits per heavy atom. The molecule has 2 saturated heterocycles. The molecule has 41 heavy (non-hydrogen) atoms. The fourth-order valence-electron chi connectivity index (χ4n) is 5.90. The van der Waals surface area contributed by atoms with Gasteiger partial charge in [-0.2, -0.15) is 0 Å². The lowest BCUT2D eigenvalue weighted by Gasteiger charge is -2.48. The van der Waals surface area contributed by atoms with Gasteiger partial charge < -0.3 is 35.2 Å². The van der Waals surface area contributed by atoms with Crippen LogP contribution in [0.4, 0.5) is 10.1 Å². The number of ether oxygens (including phenoxy) is 1. The van der Waals surface area contributed by atoms with Crippen LogP contribution in [0.1, 0.15) is 41.1 Å². The molecule has 1 amide bonds. The van der Waals surface area contributed by atoms with Crippen molar-refractivity contribution in [2.45, 2.75) is 69.2 Å². The molecular weight excluding hydrogens is 529 g/mol. The van der Waals surface area contributed by atoms with E-state index < -0.39 is 37.1 Å². The summed E-state index contributed by atoms with van der Waals surface area (Å²) in [4.78, 5) is 15.1. The number of β-lactam (4-membered cyclic amide) rings is 1. The summed E-state index contributed by atoms with van der Waals surface area (Å²) in [6.07, 6.45) is -4.06. The number of amides is 1. The summed E-state index contributed by atoms with van der Waals surface area (Å²) < 4.78 is 18.9. The zero-order chi connectivity index (χ0) is 29.3. The van der Waals surface area contributed by atoms with E-state index in [0.717, 1.165) is 23.2 Å². The number of aromatic hydroxyl groups is 1. The maximum absolute atomic E-state index is 13.4. The van der Waals surface area contributed by atoms with Crippen LogP contribution in [0.15, 0.2) is 66.7 Å². The van der Waals surface area contributed by atoms with Crippen LogP contribution in [0.5, 0.6) is 5.75 Å². The largest absolute Gasteiger partial charge is 0.508 e. The molecule has 0 aromatic heterocycles. The highest BCUT2D eigenvalue weighted by Gasteiger charge is 2.49. The average molecular weight is 566 g/mol. The van der Waals surface area contributed by atoms with Crippen molar-refractivity contribution in [3.63, 3.8) is 0 Å². The average Bonchev–Trinajstić information content (AvgIpc) is 2.96. The number of aryl methyl sites for hydroxylation is 2. The smallest absolute Gasteiger partial charge is 0.233 e. The molecule has 218 valence electrons. The molecule has 0 spiro atoms. The van der Waals surface area contributed by atoms with E-state index in [1.807, 2.05) is 31.2 Å². The van der Waals surface area contributed by atoms with Gasteiger partial charge in [-0.05, 0) is 67.6 Å². The minimum atomic E-state index is -1.47. The summed E-state index contributed by atoms with van der Waals surface area (Å²) >= 11 is 0. The third kappa shape index (κ3) is 6.00. The van der Waals surface area contributed by atoms with Crippen LogP contribution < -0.4 is 4.90 Å². The molecule has 2 aliphatic heterocycles. The number of rotatable bonds is 9. The van der Waals surface area contributed by atoms with Crippen LogP contribution in [0.2, 0.25) is 0 Å². The maximum Gasteiger partial charge on any atom is 0.233 e. The van der Waals surface area contributed by atoms with Gasteiger partial charge >= 0.3 is 0 Å². The van der Waals surface area contributed by atoms with E-state index in [4.69, 9.17) is 4.74 Å². The van der Waals surface area contributed by atoms with E-state index in [1.165, 1.54) is 12.1 Å². The molecule has 0 saturated carbocycles. The molecule has 2 unspecified atom stereocenters. The van der Waals surface area contributed by atoms with Gasteiger partial charge in [0.05, 0.1) is 24.7 Å². The number of phenols is 1. The number of aliphatic hydroxyl groups is 4. The predicted octanol–water partition coefficient (Wildman–Crippen LogP) is 2.95. The molecule has 2 aliphatic rings. The standard InChI is InChI=1S/C32H36FNO7/c1-18-5-12-22(13-6-18)34-28(24(32(34)40)4-2-3-19-7-10-21(33)11-8-19)23-14-9-20(15-25(23)36)16-26-29(37)31(39)30(38)27(17-35)41-26/h5-15,24,26-31,35-39H,2-4,16-17H2,1H3/t24-,26+,27?,28-,29-,30-,31?/m1/s1. The van der Waals surface area contributed by atoms with Gasteiger partial charge in [-0.25, -0.2) is 4.39 Å². The second kappa shape index (κ2) is 12.3. The Labute approximate surface area is 238 Å². The number of halogens is 1. The molecule has 2 fully saturated rings. The first-order valence-corrected chi connectivity index (χ1v) is 13.9. The van der Waals surface area contributed by atoms with Crippen molar-refractivity contribution in [2.24, 2.45) is 5.92 Å². The lowest BCUT2D eigenvalue weighted by molar-refractivity contribution is -0.228. The molecule has 8 nitrogen and oxygen atoms in total. The Kier molecular flexibility index (Phi) is 8.72. The minimum Gasteiger partial charge on any atom is -0.508 e. The first-order valence-electron chi connectivity index (χ1n) is 13.9. The number of aliphatic hydroxyl groups excluding tert-OH is 4. The first-order chi connectivity index (χ1) is 19.7. The minimum absolute atomic E-state index is 0.00904. The number of nitrogens with zero attached hydrogens (tertiary/aromatic N) is 1. The molecule has 0 bridgehead atoms.